The van der Waals surface area contributed by atoms with Crippen molar-refractivity contribution in [3.05, 3.63) is 53.9 Å². The van der Waals surface area contributed by atoms with Crippen LogP contribution in [0.2, 0.25) is 0 Å². The highest BCUT2D eigenvalue weighted by atomic mass is 32.2. The Morgan fingerprint density at radius 3 is 2.54 bits per heavy atom. The fourth-order valence-corrected chi connectivity index (χ4v) is 6.19. The van der Waals surface area contributed by atoms with Crippen LogP contribution in [0.4, 0.5) is 18.0 Å². The zero-order valence-electron chi connectivity index (χ0n) is 21.9. The first kappa shape index (κ1) is 28.5. The van der Waals surface area contributed by atoms with Crippen molar-refractivity contribution in [1.82, 2.24) is 19.9 Å². The summed E-state index contributed by atoms with van der Waals surface area (Å²) in [4.78, 5) is 30.5. The number of alkyl halides is 3. The van der Waals surface area contributed by atoms with Crippen molar-refractivity contribution in [2.45, 2.75) is 49.5 Å². The molecule has 0 aliphatic carbocycles. The molecule has 3 aromatic rings. The van der Waals surface area contributed by atoms with Crippen molar-refractivity contribution < 1.29 is 45.2 Å². The van der Waals surface area contributed by atoms with Gasteiger partial charge in [-0.3, -0.25) is 9.69 Å². The highest BCUT2D eigenvalue weighted by molar-refractivity contribution is 7.91. The standard InChI is InChI=1S/C26H25F3N4O7S/c1-15-24(34)33(25(35)32(15)2)13-22-30-23(31-40-22)16-9-10-19(18(12-16)26(27,28)29)39-20-7-3-4-8-21(20)41(36,37)14-17-6-5-11-38-17/h3-4,7-10,12,15,17H,5-6,11,13-14H2,1-2H3. The van der Waals surface area contributed by atoms with Crippen molar-refractivity contribution in [3.63, 3.8) is 0 Å². The molecule has 2 unspecified atom stereocenters. The third kappa shape index (κ3) is 5.77. The van der Waals surface area contributed by atoms with E-state index in [4.69, 9.17) is 14.0 Å². The molecule has 11 nitrogen and oxygen atoms in total. The van der Waals surface area contributed by atoms with E-state index in [0.717, 1.165) is 23.5 Å². The maximum Gasteiger partial charge on any atom is 0.420 e. The van der Waals surface area contributed by atoms with Crippen molar-refractivity contribution >= 4 is 21.8 Å². The summed E-state index contributed by atoms with van der Waals surface area (Å²) in [6, 6.07) is 7.25. The largest absolute Gasteiger partial charge is 0.455 e. The van der Waals surface area contributed by atoms with E-state index in [2.05, 4.69) is 10.1 Å². The summed E-state index contributed by atoms with van der Waals surface area (Å²) in [5, 5.41) is 3.70. The monoisotopic (exact) mass is 594 g/mol. The van der Waals surface area contributed by atoms with Gasteiger partial charge in [0.25, 0.3) is 5.91 Å². The van der Waals surface area contributed by atoms with Crippen molar-refractivity contribution in [2.24, 2.45) is 0 Å². The normalized spacial score (nSPS) is 19.8. The highest BCUT2D eigenvalue weighted by Gasteiger charge is 2.41. The second-order valence-corrected chi connectivity index (χ2v) is 11.7. The molecule has 0 saturated carbocycles. The van der Waals surface area contributed by atoms with Gasteiger partial charge in [-0.25, -0.2) is 13.2 Å². The van der Waals surface area contributed by atoms with E-state index in [9.17, 15) is 31.2 Å². The number of aromatic nitrogens is 2. The molecule has 0 bridgehead atoms. The van der Waals surface area contributed by atoms with E-state index < -0.39 is 51.4 Å². The zero-order valence-corrected chi connectivity index (χ0v) is 22.7. The molecule has 2 aliphatic rings. The Morgan fingerprint density at radius 1 is 1.12 bits per heavy atom. The van der Waals surface area contributed by atoms with Gasteiger partial charge in [-0.05, 0) is 50.1 Å². The van der Waals surface area contributed by atoms with Gasteiger partial charge in [-0.15, -0.1) is 0 Å². The predicted molar refractivity (Wildman–Crippen MR) is 135 cm³/mol. The number of hydrogen-bond donors (Lipinski definition) is 0. The summed E-state index contributed by atoms with van der Waals surface area (Å²) < 4.78 is 84.6. The van der Waals surface area contributed by atoms with E-state index in [-0.39, 0.29) is 40.2 Å². The predicted octanol–water partition coefficient (Wildman–Crippen LogP) is 4.28. The third-order valence-corrected chi connectivity index (χ3v) is 8.69. The zero-order chi connectivity index (χ0) is 29.5. The van der Waals surface area contributed by atoms with E-state index in [1.165, 1.54) is 42.3 Å². The van der Waals surface area contributed by atoms with Crippen LogP contribution in [0.15, 0.2) is 51.9 Å². The molecule has 0 N–H and O–H groups in total. The molecule has 1 aromatic heterocycles. The number of sulfone groups is 1. The molecular weight excluding hydrogens is 569 g/mol. The Balaban J connectivity index is 1.41. The second kappa shape index (κ2) is 10.8. The van der Waals surface area contributed by atoms with Gasteiger partial charge >= 0.3 is 12.2 Å². The number of likely N-dealkylation sites (N-methyl/N-ethyl adjacent to an activating group) is 1. The van der Waals surface area contributed by atoms with Crippen LogP contribution < -0.4 is 4.74 Å². The summed E-state index contributed by atoms with van der Waals surface area (Å²) in [6.45, 7) is 1.66. The van der Waals surface area contributed by atoms with Crippen LogP contribution in [0.3, 0.4) is 0 Å². The minimum absolute atomic E-state index is 0.0801. The first-order valence-corrected chi connectivity index (χ1v) is 14.2. The van der Waals surface area contributed by atoms with Gasteiger partial charge in [-0.2, -0.15) is 18.2 Å². The van der Waals surface area contributed by atoms with Crippen LogP contribution in [0.5, 0.6) is 11.5 Å². The number of carbonyl (C=O) groups is 2. The molecular formula is C26H25F3N4O7S. The molecule has 15 heteroatoms. The van der Waals surface area contributed by atoms with Gasteiger partial charge in [-0.1, -0.05) is 17.3 Å². The average molecular weight is 595 g/mol. The second-order valence-electron chi connectivity index (χ2n) is 9.68. The fourth-order valence-electron chi connectivity index (χ4n) is 4.56. The molecule has 41 heavy (non-hydrogen) atoms. The Morgan fingerprint density at radius 2 is 1.88 bits per heavy atom. The minimum Gasteiger partial charge on any atom is -0.455 e. The molecule has 0 radical (unpaired) electrons. The lowest BCUT2D eigenvalue weighted by atomic mass is 10.1. The van der Waals surface area contributed by atoms with Crippen molar-refractivity contribution in [3.8, 4) is 22.9 Å². The summed E-state index contributed by atoms with van der Waals surface area (Å²) in [6.07, 6.45) is -4.09. The summed E-state index contributed by atoms with van der Waals surface area (Å²) in [5.74, 6) is -2.04. The van der Waals surface area contributed by atoms with Crippen LogP contribution >= 0.6 is 0 Å². The quantitative estimate of drug-likeness (QED) is 0.351. The summed E-state index contributed by atoms with van der Waals surface area (Å²) in [5.41, 5.74) is -1.28. The summed E-state index contributed by atoms with van der Waals surface area (Å²) in [7, 11) is -2.47. The topological polar surface area (TPSA) is 132 Å². The van der Waals surface area contributed by atoms with Gasteiger partial charge in [0.05, 0.1) is 17.4 Å². The van der Waals surface area contributed by atoms with Gasteiger partial charge in [0, 0.05) is 19.2 Å². The summed E-state index contributed by atoms with van der Waals surface area (Å²) >= 11 is 0. The molecule has 3 amide bonds. The fraction of sp³-hybridized carbons (Fsp3) is 0.385. The Kier molecular flexibility index (Phi) is 7.50. The molecule has 0 spiro atoms. The SMILES string of the molecule is CC1C(=O)N(Cc2nc(-c3ccc(Oc4ccccc4S(=O)(=O)CC4CCCO4)c(C(F)(F)F)c3)no2)C(=O)N1C. The van der Waals surface area contributed by atoms with Gasteiger partial charge in [0.15, 0.2) is 9.84 Å². The first-order valence-electron chi connectivity index (χ1n) is 12.6. The molecule has 2 aromatic carbocycles. The maximum absolute atomic E-state index is 14.1. The van der Waals surface area contributed by atoms with Gasteiger partial charge < -0.3 is 18.9 Å². The van der Waals surface area contributed by atoms with Crippen LogP contribution in [0, 0.1) is 0 Å². The number of ether oxygens (including phenoxy) is 2. The lowest BCUT2D eigenvalue weighted by Gasteiger charge is -2.17. The first-order chi connectivity index (χ1) is 19.3. The number of nitrogens with zero attached hydrogens (tertiary/aromatic N) is 4. The maximum atomic E-state index is 14.1. The van der Waals surface area contributed by atoms with E-state index in [1.807, 2.05) is 0 Å². The van der Waals surface area contributed by atoms with Crippen LogP contribution in [0.25, 0.3) is 11.4 Å². The molecule has 2 atom stereocenters. The van der Waals surface area contributed by atoms with Crippen LogP contribution in [-0.4, -0.2) is 71.8 Å². The molecule has 5 rings (SSSR count). The smallest absolute Gasteiger partial charge is 0.420 e. The molecule has 2 aliphatic heterocycles. The van der Waals surface area contributed by atoms with E-state index in [1.54, 1.807) is 6.92 Å². The van der Waals surface area contributed by atoms with E-state index >= 15 is 0 Å². The molecule has 218 valence electrons. The molecule has 3 heterocycles. The van der Waals surface area contributed by atoms with Crippen molar-refractivity contribution in [1.29, 1.82) is 0 Å². The number of urea groups is 1. The molecule has 2 fully saturated rings. The number of benzene rings is 2. The Labute approximate surface area is 232 Å². The number of carbonyl (C=O) groups excluding carboxylic acids is 2. The minimum atomic E-state index is -4.89. The Bertz CT molecular complexity index is 1570. The average Bonchev–Trinajstić information content (AvgIpc) is 3.65. The third-order valence-electron chi connectivity index (χ3n) is 6.88. The lowest BCUT2D eigenvalue weighted by Crippen LogP contribution is -2.31. The molecule has 2 saturated heterocycles. The number of halogens is 3. The van der Waals surface area contributed by atoms with Crippen LogP contribution in [-0.2, 0) is 32.1 Å². The number of amides is 3. The number of hydrogen-bond acceptors (Lipinski definition) is 9. The highest BCUT2D eigenvalue weighted by Crippen LogP contribution is 2.41. The number of para-hydroxylation sites is 1. The number of imide groups is 1. The number of rotatable bonds is 8. The Hall–Kier alpha value is -3.98. The lowest BCUT2D eigenvalue weighted by molar-refractivity contribution is -0.138. The van der Waals surface area contributed by atoms with Gasteiger partial charge in [0.1, 0.15) is 29.0 Å². The van der Waals surface area contributed by atoms with E-state index in [0.29, 0.717) is 13.0 Å². The van der Waals surface area contributed by atoms with Crippen LogP contribution in [0.1, 0.15) is 31.2 Å². The van der Waals surface area contributed by atoms with Gasteiger partial charge in [0.2, 0.25) is 11.7 Å². The van der Waals surface area contributed by atoms with Crippen molar-refractivity contribution in [2.75, 3.05) is 19.4 Å².